The van der Waals surface area contributed by atoms with Gasteiger partial charge in [-0.05, 0) is 64.9 Å². The molecule has 158 valence electrons. The molecule has 0 saturated carbocycles. The van der Waals surface area contributed by atoms with Crippen molar-refractivity contribution in [1.82, 2.24) is 15.0 Å². The Labute approximate surface area is 183 Å². The zero-order valence-electron chi connectivity index (χ0n) is 18.7. The minimum absolute atomic E-state index is 0.0565. The fourth-order valence-corrected chi connectivity index (χ4v) is 3.43. The molecular formula is C26H28N4O. The van der Waals surface area contributed by atoms with Gasteiger partial charge in [0.25, 0.3) is 5.91 Å². The summed E-state index contributed by atoms with van der Waals surface area (Å²) in [5.74, 6) is 0.339. The van der Waals surface area contributed by atoms with E-state index in [0.29, 0.717) is 17.2 Å². The molecule has 0 fully saturated rings. The Hall–Kier alpha value is -3.47. The summed E-state index contributed by atoms with van der Waals surface area (Å²) in [5.41, 5.74) is 6.27. The second-order valence-corrected chi connectivity index (χ2v) is 9.22. The van der Waals surface area contributed by atoms with Crippen molar-refractivity contribution in [2.45, 2.75) is 46.0 Å². The Morgan fingerprint density at radius 1 is 0.871 bits per heavy atom. The highest BCUT2D eigenvalue weighted by atomic mass is 16.1. The molecule has 0 spiro atoms. The van der Waals surface area contributed by atoms with Crippen LogP contribution < -0.4 is 5.32 Å². The molecule has 0 bridgehead atoms. The normalized spacial score (nSPS) is 11.8. The molecule has 0 aliphatic carbocycles. The first kappa shape index (κ1) is 20.8. The van der Waals surface area contributed by atoms with Crippen molar-refractivity contribution >= 4 is 22.6 Å². The maximum Gasteiger partial charge on any atom is 0.255 e. The SMILES string of the molecule is CC(C)c1ccc(-n2nc3ccc(NC(=O)c4ccc(C(C)(C)C)cc4)cc3n2)cc1. The van der Waals surface area contributed by atoms with Crippen molar-refractivity contribution in [3.05, 3.63) is 83.4 Å². The lowest BCUT2D eigenvalue weighted by Crippen LogP contribution is -2.14. The zero-order valence-corrected chi connectivity index (χ0v) is 18.7. The van der Waals surface area contributed by atoms with Crippen LogP contribution in [0.4, 0.5) is 5.69 Å². The van der Waals surface area contributed by atoms with E-state index in [1.54, 1.807) is 4.80 Å². The number of carbonyl (C=O) groups excluding carboxylic acids is 1. The second kappa shape index (κ2) is 7.99. The molecule has 4 aromatic rings. The minimum Gasteiger partial charge on any atom is -0.322 e. The van der Waals surface area contributed by atoms with E-state index < -0.39 is 0 Å². The third-order valence-electron chi connectivity index (χ3n) is 5.44. The number of nitrogens with one attached hydrogen (secondary N) is 1. The average molecular weight is 413 g/mol. The van der Waals surface area contributed by atoms with E-state index in [2.05, 4.69) is 62.3 Å². The molecule has 0 unspecified atom stereocenters. The highest BCUT2D eigenvalue weighted by molar-refractivity contribution is 6.05. The molecule has 3 aromatic carbocycles. The molecule has 1 amide bonds. The number of aromatic nitrogens is 3. The standard InChI is InChI=1S/C26H28N4O/c1-17(2)18-8-13-22(14-9-18)30-28-23-15-12-21(16-24(23)29-30)27-25(31)19-6-10-20(11-7-19)26(3,4)5/h6-17H,1-5H3,(H,27,31). The topological polar surface area (TPSA) is 59.8 Å². The van der Waals surface area contributed by atoms with Crippen molar-refractivity contribution < 1.29 is 4.79 Å². The first-order valence-corrected chi connectivity index (χ1v) is 10.6. The largest absolute Gasteiger partial charge is 0.322 e. The van der Waals surface area contributed by atoms with Crippen LogP contribution in [0, 0.1) is 0 Å². The molecule has 4 rings (SSSR count). The number of rotatable bonds is 4. The lowest BCUT2D eigenvalue weighted by Gasteiger charge is -2.19. The summed E-state index contributed by atoms with van der Waals surface area (Å²) in [6, 6.07) is 21.6. The first-order valence-electron chi connectivity index (χ1n) is 10.6. The molecule has 0 atom stereocenters. The first-order chi connectivity index (χ1) is 14.7. The van der Waals surface area contributed by atoms with Gasteiger partial charge in [0.1, 0.15) is 11.0 Å². The van der Waals surface area contributed by atoms with Gasteiger partial charge < -0.3 is 5.32 Å². The van der Waals surface area contributed by atoms with Gasteiger partial charge in [-0.2, -0.15) is 4.80 Å². The molecule has 0 radical (unpaired) electrons. The molecule has 1 N–H and O–H groups in total. The van der Waals surface area contributed by atoms with E-state index in [1.807, 2.05) is 54.6 Å². The summed E-state index contributed by atoms with van der Waals surface area (Å²) >= 11 is 0. The summed E-state index contributed by atoms with van der Waals surface area (Å²) in [4.78, 5) is 14.3. The lowest BCUT2D eigenvalue weighted by molar-refractivity contribution is 0.102. The molecule has 31 heavy (non-hydrogen) atoms. The van der Waals surface area contributed by atoms with Crippen LogP contribution in [0.2, 0.25) is 0 Å². The van der Waals surface area contributed by atoms with Gasteiger partial charge in [0.05, 0.1) is 5.69 Å². The molecule has 5 nitrogen and oxygen atoms in total. The van der Waals surface area contributed by atoms with Crippen molar-refractivity contribution in [1.29, 1.82) is 0 Å². The molecule has 1 aromatic heterocycles. The number of carbonyl (C=O) groups is 1. The van der Waals surface area contributed by atoms with Gasteiger partial charge in [0.2, 0.25) is 0 Å². The fraction of sp³-hybridized carbons (Fsp3) is 0.269. The van der Waals surface area contributed by atoms with Crippen LogP contribution in [0.1, 0.15) is 62.0 Å². The summed E-state index contributed by atoms with van der Waals surface area (Å²) in [6.07, 6.45) is 0. The van der Waals surface area contributed by atoms with Crippen LogP contribution in [-0.4, -0.2) is 20.9 Å². The zero-order chi connectivity index (χ0) is 22.2. The van der Waals surface area contributed by atoms with Crippen molar-refractivity contribution in [2.75, 3.05) is 5.32 Å². The highest BCUT2D eigenvalue weighted by Crippen LogP contribution is 2.23. The fourth-order valence-electron chi connectivity index (χ4n) is 3.43. The number of hydrogen-bond donors (Lipinski definition) is 1. The molecular weight excluding hydrogens is 384 g/mol. The van der Waals surface area contributed by atoms with E-state index in [4.69, 9.17) is 0 Å². The number of benzene rings is 3. The average Bonchev–Trinajstić information content (AvgIpc) is 3.16. The lowest BCUT2D eigenvalue weighted by atomic mass is 9.87. The van der Waals surface area contributed by atoms with Crippen molar-refractivity contribution in [3.63, 3.8) is 0 Å². The smallest absolute Gasteiger partial charge is 0.255 e. The van der Waals surface area contributed by atoms with Gasteiger partial charge in [-0.1, -0.05) is 58.9 Å². The van der Waals surface area contributed by atoms with Gasteiger partial charge in [0, 0.05) is 11.3 Å². The maximum atomic E-state index is 12.7. The van der Waals surface area contributed by atoms with Gasteiger partial charge in [0.15, 0.2) is 0 Å². The number of amides is 1. The Kier molecular flexibility index (Phi) is 5.36. The number of anilines is 1. The van der Waals surface area contributed by atoms with E-state index >= 15 is 0 Å². The summed E-state index contributed by atoms with van der Waals surface area (Å²) in [7, 11) is 0. The summed E-state index contributed by atoms with van der Waals surface area (Å²) in [5, 5.41) is 12.1. The molecule has 1 heterocycles. The Balaban J connectivity index is 1.53. The molecule has 0 aliphatic rings. The van der Waals surface area contributed by atoms with Gasteiger partial charge >= 0.3 is 0 Å². The molecule has 0 aliphatic heterocycles. The Morgan fingerprint density at radius 3 is 2.13 bits per heavy atom. The van der Waals surface area contributed by atoms with Crippen molar-refractivity contribution in [2.24, 2.45) is 0 Å². The van der Waals surface area contributed by atoms with Crippen LogP contribution >= 0.6 is 0 Å². The van der Waals surface area contributed by atoms with E-state index in [-0.39, 0.29) is 11.3 Å². The van der Waals surface area contributed by atoms with Crippen LogP contribution in [0.5, 0.6) is 0 Å². The third-order valence-corrected chi connectivity index (χ3v) is 5.44. The van der Waals surface area contributed by atoms with Crippen LogP contribution in [0.15, 0.2) is 66.7 Å². The number of hydrogen-bond acceptors (Lipinski definition) is 3. The molecule has 5 heteroatoms. The number of nitrogens with zero attached hydrogens (tertiary/aromatic N) is 3. The molecule has 0 saturated heterocycles. The monoisotopic (exact) mass is 412 g/mol. The third kappa shape index (κ3) is 4.50. The van der Waals surface area contributed by atoms with Crippen LogP contribution in [0.3, 0.4) is 0 Å². The Morgan fingerprint density at radius 2 is 1.52 bits per heavy atom. The predicted octanol–water partition coefficient (Wildman–Crippen LogP) is 6.09. The maximum absolute atomic E-state index is 12.7. The Bertz CT molecular complexity index is 1210. The summed E-state index contributed by atoms with van der Waals surface area (Å²) < 4.78 is 0. The number of fused-ring (bicyclic) bond motifs is 1. The quantitative estimate of drug-likeness (QED) is 0.441. The van der Waals surface area contributed by atoms with E-state index in [1.165, 1.54) is 11.1 Å². The summed E-state index contributed by atoms with van der Waals surface area (Å²) in [6.45, 7) is 10.8. The van der Waals surface area contributed by atoms with E-state index in [9.17, 15) is 4.79 Å². The van der Waals surface area contributed by atoms with E-state index in [0.717, 1.165) is 16.7 Å². The minimum atomic E-state index is -0.142. The van der Waals surface area contributed by atoms with Gasteiger partial charge in [-0.25, -0.2) is 0 Å². The highest BCUT2D eigenvalue weighted by Gasteiger charge is 2.15. The van der Waals surface area contributed by atoms with Gasteiger partial charge in [-0.3, -0.25) is 4.79 Å². The van der Waals surface area contributed by atoms with Crippen LogP contribution in [-0.2, 0) is 5.41 Å². The van der Waals surface area contributed by atoms with Gasteiger partial charge in [-0.15, -0.1) is 10.2 Å². The van der Waals surface area contributed by atoms with Crippen LogP contribution in [0.25, 0.3) is 16.7 Å². The van der Waals surface area contributed by atoms with Crippen molar-refractivity contribution in [3.8, 4) is 5.69 Å². The second-order valence-electron chi connectivity index (χ2n) is 9.22. The predicted molar refractivity (Wildman–Crippen MR) is 126 cm³/mol.